The first kappa shape index (κ1) is 16.0. The molecule has 0 radical (unpaired) electrons. The van der Waals surface area contributed by atoms with Gasteiger partial charge in [0.25, 0.3) is 0 Å². The summed E-state index contributed by atoms with van der Waals surface area (Å²) >= 11 is 5.58. The lowest BCUT2D eigenvalue weighted by Gasteiger charge is -2.26. The smallest absolute Gasteiger partial charge is 0.169 e. The predicted octanol–water partition coefficient (Wildman–Crippen LogP) is 2.73. The van der Waals surface area contributed by atoms with Crippen LogP contribution < -0.4 is 5.32 Å². The fourth-order valence-corrected chi connectivity index (χ4v) is 2.83. The largest absolute Gasteiger partial charge is 0.467 e. The van der Waals surface area contributed by atoms with Gasteiger partial charge in [-0.3, -0.25) is 4.98 Å². The molecule has 1 aliphatic heterocycles. The molecule has 1 saturated heterocycles. The van der Waals surface area contributed by atoms with Crippen LogP contribution in [0.5, 0.6) is 0 Å². The third-order valence-electron chi connectivity index (χ3n) is 3.84. The van der Waals surface area contributed by atoms with E-state index in [1.807, 2.05) is 24.3 Å². The van der Waals surface area contributed by atoms with Crippen molar-refractivity contribution < 1.29 is 9.15 Å². The predicted molar refractivity (Wildman–Crippen MR) is 91.8 cm³/mol. The molecule has 0 aromatic carbocycles. The standard InChI is InChI=1S/C17H21N3O2S/c23-17(19-11-15-3-1-9-21-15)20(13-16-4-2-10-22-16)12-14-5-7-18-8-6-14/h2,4-8,10,15H,1,3,9,11-13H2,(H,19,23)/t15-/m1/s1. The molecule has 0 aliphatic carbocycles. The first-order valence-corrected chi connectivity index (χ1v) is 8.28. The monoisotopic (exact) mass is 331 g/mol. The molecule has 122 valence electrons. The SMILES string of the molecule is S=C(NC[C@H]1CCCO1)N(Cc1ccncc1)Cc1ccco1. The summed E-state index contributed by atoms with van der Waals surface area (Å²) in [6.45, 7) is 2.95. The Morgan fingerprint density at radius 3 is 2.87 bits per heavy atom. The fourth-order valence-electron chi connectivity index (χ4n) is 2.62. The van der Waals surface area contributed by atoms with Crippen LogP contribution in [-0.2, 0) is 17.8 Å². The van der Waals surface area contributed by atoms with Crippen molar-refractivity contribution in [3.8, 4) is 0 Å². The minimum atomic E-state index is 0.263. The van der Waals surface area contributed by atoms with Gasteiger partial charge < -0.3 is 19.4 Å². The number of nitrogens with one attached hydrogen (secondary N) is 1. The minimum Gasteiger partial charge on any atom is -0.467 e. The number of furan rings is 1. The Hall–Kier alpha value is -1.92. The van der Waals surface area contributed by atoms with Gasteiger partial charge in [-0.15, -0.1) is 0 Å². The Morgan fingerprint density at radius 1 is 1.30 bits per heavy atom. The van der Waals surface area contributed by atoms with Crippen molar-refractivity contribution in [3.63, 3.8) is 0 Å². The summed E-state index contributed by atoms with van der Waals surface area (Å²) < 4.78 is 11.1. The molecule has 2 aromatic rings. The van der Waals surface area contributed by atoms with Crippen molar-refractivity contribution in [1.82, 2.24) is 15.2 Å². The second kappa shape index (κ2) is 8.08. The molecule has 5 nitrogen and oxygen atoms in total. The third-order valence-corrected chi connectivity index (χ3v) is 4.24. The number of thiocarbonyl (C=S) groups is 1. The highest BCUT2D eigenvalue weighted by atomic mass is 32.1. The molecule has 0 amide bonds. The summed E-state index contributed by atoms with van der Waals surface area (Å²) in [7, 11) is 0. The molecule has 0 unspecified atom stereocenters. The molecule has 1 N–H and O–H groups in total. The number of nitrogens with zero attached hydrogens (tertiary/aromatic N) is 2. The van der Waals surface area contributed by atoms with Crippen molar-refractivity contribution in [1.29, 1.82) is 0 Å². The van der Waals surface area contributed by atoms with Gasteiger partial charge in [-0.2, -0.15) is 0 Å². The van der Waals surface area contributed by atoms with E-state index in [1.54, 1.807) is 18.7 Å². The van der Waals surface area contributed by atoms with Crippen LogP contribution in [0.4, 0.5) is 0 Å². The molecule has 1 fully saturated rings. The topological polar surface area (TPSA) is 50.5 Å². The molecule has 3 rings (SSSR count). The Morgan fingerprint density at radius 2 is 2.17 bits per heavy atom. The fraction of sp³-hybridized carbons (Fsp3) is 0.412. The van der Waals surface area contributed by atoms with Crippen LogP contribution in [0.3, 0.4) is 0 Å². The van der Waals surface area contributed by atoms with E-state index < -0.39 is 0 Å². The number of hydrogen-bond acceptors (Lipinski definition) is 4. The first-order valence-electron chi connectivity index (χ1n) is 7.87. The summed E-state index contributed by atoms with van der Waals surface area (Å²) in [6, 6.07) is 7.85. The van der Waals surface area contributed by atoms with Crippen LogP contribution in [-0.4, -0.2) is 34.3 Å². The molecule has 0 saturated carbocycles. The molecular formula is C17H21N3O2S. The lowest BCUT2D eigenvalue weighted by Crippen LogP contribution is -2.41. The molecule has 2 aromatic heterocycles. The zero-order valence-corrected chi connectivity index (χ0v) is 13.8. The van der Waals surface area contributed by atoms with Crippen molar-refractivity contribution in [2.75, 3.05) is 13.2 Å². The summed E-state index contributed by atoms with van der Waals surface area (Å²) in [6.07, 6.45) is 7.76. The molecule has 1 aliphatic rings. The Labute approximate surface area is 141 Å². The van der Waals surface area contributed by atoms with E-state index >= 15 is 0 Å². The lowest BCUT2D eigenvalue weighted by atomic mass is 10.2. The van der Waals surface area contributed by atoms with Crippen LogP contribution >= 0.6 is 12.2 Å². The molecule has 1 atom stereocenters. The highest BCUT2D eigenvalue weighted by Gasteiger charge is 2.18. The van der Waals surface area contributed by atoms with E-state index in [1.165, 1.54) is 0 Å². The maximum Gasteiger partial charge on any atom is 0.169 e. The van der Waals surface area contributed by atoms with E-state index in [0.29, 0.717) is 18.2 Å². The van der Waals surface area contributed by atoms with E-state index in [2.05, 4.69) is 15.2 Å². The van der Waals surface area contributed by atoms with E-state index in [4.69, 9.17) is 21.4 Å². The van der Waals surface area contributed by atoms with Crippen molar-refractivity contribution in [2.24, 2.45) is 0 Å². The average Bonchev–Trinajstić information content (AvgIpc) is 3.26. The maximum absolute atomic E-state index is 5.64. The molecule has 6 heteroatoms. The number of hydrogen-bond donors (Lipinski definition) is 1. The van der Waals surface area contributed by atoms with E-state index in [0.717, 1.165) is 37.3 Å². The van der Waals surface area contributed by atoms with Crippen molar-refractivity contribution in [3.05, 3.63) is 54.2 Å². The van der Waals surface area contributed by atoms with Gasteiger partial charge in [-0.1, -0.05) is 0 Å². The highest BCUT2D eigenvalue weighted by Crippen LogP contribution is 2.13. The Kier molecular flexibility index (Phi) is 5.60. The van der Waals surface area contributed by atoms with Crippen molar-refractivity contribution in [2.45, 2.75) is 32.0 Å². The van der Waals surface area contributed by atoms with Gasteiger partial charge in [0.05, 0.1) is 18.9 Å². The van der Waals surface area contributed by atoms with Crippen LogP contribution in [0.2, 0.25) is 0 Å². The van der Waals surface area contributed by atoms with E-state index in [-0.39, 0.29) is 6.10 Å². The van der Waals surface area contributed by atoms with Gasteiger partial charge in [0.2, 0.25) is 0 Å². The van der Waals surface area contributed by atoms with Gasteiger partial charge in [0, 0.05) is 32.1 Å². The molecule has 0 spiro atoms. The number of aromatic nitrogens is 1. The average molecular weight is 331 g/mol. The number of pyridine rings is 1. The lowest BCUT2D eigenvalue weighted by molar-refractivity contribution is 0.113. The van der Waals surface area contributed by atoms with Crippen LogP contribution in [0.15, 0.2) is 47.3 Å². The molecular weight excluding hydrogens is 310 g/mol. The summed E-state index contributed by atoms with van der Waals surface area (Å²) in [5.41, 5.74) is 1.16. The summed E-state index contributed by atoms with van der Waals surface area (Å²) in [5.74, 6) is 0.889. The summed E-state index contributed by atoms with van der Waals surface area (Å²) in [5, 5.41) is 4.05. The van der Waals surface area contributed by atoms with E-state index in [9.17, 15) is 0 Å². The van der Waals surface area contributed by atoms with Gasteiger partial charge in [-0.25, -0.2) is 0 Å². The zero-order chi connectivity index (χ0) is 15.9. The quantitative estimate of drug-likeness (QED) is 0.822. The molecule has 0 bridgehead atoms. The summed E-state index contributed by atoms with van der Waals surface area (Å²) in [4.78, 5) is 6.16. The van der Waals surface area contributed by atoms with Gasteiger partial charge in [0.1, 0.15) is 5.76 Å². The number of ether oxygens (including phenoxy) is 1. The van der Waals surface area contributed by atoms with Crippen LogP contribution in [0, 0.1) is 0 Å². The highest BCUT2D eigenvalue weighted by molar-refractivity contribution is 7.80. The minimum absolute atomic E-state index is 0.263. The number of rotatable bonds is 6. The van der Waals surface area contributed by atoms with Crippen LogP contribution in [0.1, 0.15) is 24.2 Å². The van der Waals surface area contributed by atoms with Crippen molar-refractivity contribution >= 4 is 17.3 Å². The maximum atomic E-state index is 5.64. The third kappa shape index (κ3) is 4.77. The normalized spacial score (nSPS) is 17.1. The second-order valence-electron chi connectivity index (χ2n) is 5.61. The molecule has 23 heavy (non-hydrogen) atoms. The van der Waals surface area contributed by atoms with Gasteiger partial charge in [0.15, 0.2) is 5.11 Å². The first-order chi connectivity index (χ1) is 11.3. The van der Waals surface area contributed by atoms with Gasteiger partial charge >= 0.3 is 0 Å². The second-order valence-corrected chi connectivity index (χ2v) is 6.00. The Balaban J connectivity index is 1.62. The zero-order valence-electron chi connectivity index (χ0n) is 13.0. The van der Waals surface area contributed by atoms with Crippen LogP contribution in [0.25, 0.3) is 0 Å². The van der Waals surface area contributed by atoms with Gasteiger partial charge in [-0.05, 0) is 54.9 Å². The Bertz CT molecular complexity index is 598. The molecule has 3 heterocycles.